The Balaban J connectivity index is 1.36. The van der Waals surface area contributed by atoms with Crippen molar-refractivity contribution in [3.8, 4) is 5.69 Å². The van der Waals surface area contributed by atoms with Gasteiger partial charge in [0.15, 0.2) is 0 Å². The Kier molecular flexibility index (Phi) is 6.41. The van der Waals surface area contributed by atoms with Gasteiger partial charge in [-0.3, -0.25) is 9.59 Å². The molecule has 2 N–H and O–H groups in total. The van der Waals surface area contributed by atoms with Crippen LogP contribution < -0.4 is 10.6 Å². The average Bonchev–Trinajstić information content (AvgIpc) is 3.25. The molecule has 0 aliphatic rings. The van der Waals surface area contributed by atoms with Crippen LogP contribution in [0, 0.1) is 0 Å². The lowest BCUT2D eigenvalue weighted by atomic mass is 10.1. The SMILES string of the molecule is O=C(CCc1ccccc1)NCCNC(=O)c1ccc(-n2cccc2)cc1. The van der Waals surface area contributed by atoms with Crippen LogP contribution in [0.3, 0.4) is 0 Å². The maximum Gasteiger partial charge on any atom is 0.251 e. The zero-order valence-electron chi connectivity index (χ0n) is 15.1. The second kappa shape index (κ2) is 9.38. The fraction of sp³-hybridized carbons (Fsp3) is 0.182. The molecule has 1 aromatic heterocycles. The van der Waals surface area contributed by atoms with Crippen LogP contribution in [0.15, 0.2) is 79.1 Å². The molecule has 0 radical (unpaired) electrons. The highest BCUT2D eigenvalue weighted by Crippen LogP contribution is 2.10. The van der Waals surface area contributed by atoms with Crippen molar-refractivity contribution in [2.75, 3.05) is 13.1 Å². The third-order valence-electron chi connectivity index (χ3n) is 4.25. The van der Waals surface area contributed by atoms with Crippen LogP contribution in [-0.2, 0) is 11.2 Å². The molecule has 0 aliphatic carbocycles. The molecule has 0 spiro atoms. The van der Waals surface area contributed by atoms with Gasteiger partial charge in [0.25, 0.3) is 5.91 Å². The highest BCUT2D eigenvalue weighted by Gasteiger charge is 2.06. The van der Waals surface area contributed by atoms with Crippen LogP contribution >= 0.6 is 0 Å². The lowest BCUT2D eigenvalue weighted by Crippen LogP contribution is -2.34. The molecule has 0 fully saturated rings. The molecule has 5 heteroatoms. The molecule has 2 amide bonds. The average molecular weight is 361 g/mol. The molecular formula is C22H23N3O2. The minimum absolute atomic E-state index is 0.0100. The highest BCUT2D eigenvalue weighted by molar-refractivity contribution is 5.94. The van der Waals surface area contributed by atoms with Gasteiger partial charge < -0.3 is 15.2 Å². The summed E-state index contributed by atoms with van der Waals surface area (Å²) in [7, 11) is 0. The molecule has 1 heterocycles. The highest BCUT2D eigenvalue weighted by atomic mass is 16.2. The molecule has 0 aliphatic heterocycles. The van der Waals surface area contributed by atoms with E-state index in [-0.39, 0.29) is 11.8 Å². The Hall–Kier alpha value is -3.34. The van der Waals surface area contributed by atoms with Gasteiger partial charge in [-0.25, -0.2) is 0 Å². The molecule has 3 rings (SSSR count). The first-order valence-corrected chi connectivity index (χ1v) is 9.04. The monoisotopic (exact) mass is 361 g/mol. The Morgan fingerprint density at radius 2 is 1.44 bits per heavy atom. The van der Waals surface area contributed by atoms with Gasteiger partial charge in [0.05, 0.1) is 0 Å². The number of rotatable bonds is 8. The zero-order chi connectivity index (χ0) is 18.9. The third-order valence-corrected chi connectivity index (χ3v) is 4.25. The maximum atomic E-state index is 12.2. The van der Waals surface area contributed by atoms with Gasteiger partial charge in [-0.2, -0.15) is 0 Å². The minimum atomic E-state index is -0.146. The van der Waals surface area contributed by atoms with Crippen LogP contribution in [-0.4, -0.2) is 29.5 Å². The molecule has 2 aromatic carbocycles. The molecule has 0 atom stereocenters. The summed E-state index contributed by atoms with van der Waals surface area (Å²) in [5.74, 6) is -0.156. The number of amides is 2. The lowest BCUT2D eigenvalue weighted by molar-refractivity contribution is -0.121. The fourth-order valence-electron chi connectivity index (χ4n) is 2.76. The van der Waals surface area contributed by atoms with E-state index in [4.69, 9.17) is 0 Å². The molecule has 138 valence electrons. The molecule has 0 unspecified atom stereocenters. The lowest BCUT2D eigenvalue weighted by Gasteiger charge is -2.08. The van der Waals surface area contributed by atoms with Crippen molar-refractivity contribution in [3.05, 3.63) is 90.3 Å². The van der Waals surface area contributed by atoms with Gasteiger partial charge in [-0.15, -0.1) is 0 Å². The van der Waals surface area contributed by atoms with E-state index in [9.17, 15) is 9.59 Å². The van der Waals surface area contributed by atoms with Gasteiger partial charge in [0.2, 0.25) is 5.91 Å². The van der Waals surface area contributed by atoms with E-state index >= 15 is 0 Å². The Morgan fingerprint density at radius 1 is 0.778 bits per heavy atom. The maximum absolute atomic E-state index is 12.2. The number of carbonyl (C=O) groups excluding carboxylic acids is 2. The zero-order valence-corrected chi connectivity index (χ0v) is 15.1. The standard InChI is InChI=1S/C22H23N3O2/c26-21(13-8-18-6-2-1-3-7-18)23-14-15-24-22(27)19-9-11-20(12-10-19)25-16-4-5-17-25/h1-7,9-12,16-17H,8,13-15H2,(H,23,26)(H,24,27). The summed E-state index contributed by atoms with van der Waals surface area (Å²) in [5.41, 5.74) is 2.74. The number of hydrogen-bond donors (Lipinski definition) is 2. The predicted octanol–water partition coefficient (Wildman–Crippen LogP) is 2.96. The van der Waals surface area contributed by atoms with Crippen molar-refractivity contribution in [3.63, 3.8) is 0 Å². The van der Waals surface area contributed by atoms with E-state index in [2.05, 4.69) is 10.6 Å². The van der Waals surface area contributed by atoms with Crippen molar-refractivity contribution in [1.29, 1.82) is 0 Å². The van der Waals surface area contributed by atoms with Crippen molar-refractivity contribution >= 4 is 11.8 Å². The summed E-state index contributed by atoms with van der Waals surface area (Å²) in [4.78, 5) is 24.0. The van der Waals surface area contributed by atoms with Gasteiger partial charge in [0.1, 0.15) is 0 Å². The molecule has 27 heavy (non-hydrogen) atoms. The molecule has 0 saturated heterocycles. The van der Waals surface area contributed by atoms with E-state index in [1.54, 1.807) is 12.1 Å². The van der Waals surface area contributed by atoms with Gasteiger partial charge in [-0.05, 0) is 48.4 Å². The fourth-order valence-corrected chi connectivity index (χ4v) is 2.76. The van der Waals surface area contributed by atoms with Gasteiger partial charge in [0, 0.05) is 43.2 Å². The molecule has 5 nitrogen and oxygen atoms in total. The minimum Gasteiger partial charge on any atom is -0.354 e. The molecule has 0 bridgehead atoms. The summed E-state index contributed by atoms with van der Waals surface area (Å²) < 4.78 is 1.98. The Morgan fingerprint density at radius 3 is 2.15 bits per heavy atom. The largest absolute Gasteiger partial charge is 0.354 e. The topological polar surface area (TPSA) is 63.1 Å². The van der Waals surface area contributed by atoms with Crippen molar-refractivity contribution in [2.24, 2.45) is 0 Å². The van der Waals surface area contributed by atoms with Crippen LogP contribution in [0.25, 0.3) is 5.69 Å². The predicted molar refractivity (Wildman–Crippen MR) is 106 cm³/mol. The van der Waals surface area contributed by atoms with Crippen molar-refractivity contribution in [2.45, 2.75) is 12.8 Å². The van der Waals surface area contributed by atoms with E-state index in [0.29, 0.717) is 31.5 Å². The van der Waals surface area contributed by atoms with E-state index in [1.807, 2.05) is 71.6 Å². The summed E-state index contributed by atoms with van der Waals surface area (Å²) in [6.45, 7) is 0.816. The van der Waals surface area contributed by atoms with Crippen LogP contribution in [0.4, 0.5) is 0 Å². The Labute approximate surface area is 159 Å². The van der Waals surface area contributed by atoms with E-state index in [0.717, 1.165) is 11.3 Å². The number of benzene rings is 2. The first-order valence-electron chi connectivity index (χ1n) is 9.04. The van der Waals surface area contributed by atoms with Gasteiger partial charge in [-0.1, -0.05) is 30.3 Å². The molecule has 0 saturated carbocycles. The summed E-state index contributed by atoms with van der Waals surface area (Å²) >= 11 is 0. The number of carbonyl (C=O) groups is 2. The van der Waals surface area contributed by atoms with Crippen LogP contribution in [0.1, 0.15) is 22.3 Å². The quantitative estimate of drug-likeness (QED) is 0.606. The van der Waals surface area contributed by atoms with E-state index < -0.39 is 0 Å². The van der Waals surface area contributed by atoms with Crippen LogP contribution in [0.2, 0.25) is 0 Å². The number of nitrogens with one attached hydrogen (secondary N) is 2. The second-order valence-electron chi connectivity index (χ2n) is 6.23. The third kappa shape index (κ3) is 5.57. The smallest absolute Gasteiger partial charge is 0.251 e. The Bertz CT molecular complexity index is 856. The second-order valence-corrected chi connectivity index (χ2v) is 6.23. The van der Waals surface area contributed by atoms with E-state index in [1.165, 1.54) is 0 Å². The first-order chi connectivity index (χ1) is 13.2. The number of aromatic nitrogens is 1. The number of nitrogens with zero attached hydrogens (tertiary/aromatic N) is 1. The number of hydrogen-bond acceptors (Lipinski definition) is 2. The summed E-state index contributed by atoms with van der Waals surface area (Å²) in [5, 5.41) is 5.65. The van der Waals surface area contributed by atoms with Crippen LogP contribution in [0.5, 0.6) is 0 Å². The normalized spacial score (nSPS) is 10.4. The summed E-state index contributed by atoms with van der Waals surface area (Å²) in [6.07, 6.45) is 5.07. The van der Waals surface area contributed by atoms with Crippen molar-refractivity contribution < 1.29 is 9.59 Å². The number of aryl methyl sites for hydroxylation is 1. The summed E-state index contributed by atoms with van der Waals surface area (Å²) in [6, 6.07) is 21.2. The first kappa shape index (κ1) is 18.5. The van der Waals surface area contributed by atoms with Gasteiger partial charge >= 0.3 is 0 Å². The molecule has 3 aromatic rings. The molecular weight excluding hydrogens is 338 g/mol. The van der Waals surface area contributed by atoms with Crippen molar-refractivity contribution in [1.82, 2.24) is 15.2 Å².